The molecule has 0 atom stereocenters. The molecule has 1 aromatic heterocycles. The fourth-order valence-electron chi connectivity index (χ4n) is 4.23. The zero-order valence-corrected chi connectivity index (χ0v) is 17.2. The van der Waals surface area contributed by atoms with Gasteiger partial charge in [-0.25, -0.2) is 9.78 Å². The van der Waals surface area contributed by atoms with Crippen LogP contribution < -0.4 is 0 Å². The Hall–Kier alpha value is -2.48. The molecule has 1 aromatic carbocycles. The van der Waals surface area contributed by atoms with Crippen molar-refractivity contribution in [2.45, 2.75) is 32.2 Å². The van der Waals surface area contributed by atoms with Crippen molar-refractivity contribution in [3.63, 3.8) is 0 Å². The van der Waals surface area contributed by atoms with Crippen molar-refractivity contribution in [1.82, 2.24) is 19.7 Å². The van der Waals surface area contributed by atoms with Crippen LogP contribution in [0.2, 0.25) is 0 Å². The molecular weight excluding hydrogens is 376 g/mol. The zero-order chi connectivity index (χ0) is 20.1. The summed E-state index contributed by atoms with van der Waals surface area (Å²) in [7, 11) is 1.55. The molecule has 2 saturated heterocycles. The maximum absolute atomic E-state index is 13.0. The number of rotatable bonds is 3. The highest BCUT2D eigenvalue weighted by Crippen LogP contribution is 2.37. The first-order valence-electron chi connectivity index (χ1n) is 9.56. The quantitative estimate of drug-likeness (QED) is 0.743. The van der Waals surface area contributed by atoms with Gasteiger partial charge in [0.05, 0.1) is 15.7 Å². The number of imide groups is 1. The van der Waals surface area contributed by atoms with E-state index in [2.05, 4.69) is 4.98 Å². The molecule has 3 heterocycles. The standard InChI is InChI=1S/C20H24N4O3S/c1-13(2)11-24-19(27)22(3)18(26)20(24)6-8-23(9-7-20)17(25)14-4-5-15-16(10-14)28-12-21-15/h4-5,10,12-13H,6-9,11H2,1-3H3. The van der Waals surface area contributed by atoms with Crippen molar-refractivity contribution in [3.8, 4) is 0 Å². The predicted octanol–water partition coefficient (Wildman–Crippen LogP) is 2.82. The van der Waals surface area contributed by atoms with Crippen LogP contribution >= 0.6 is 11.3 Å². The van der Waals surface area contributed by atoms with E-state index in [1.165, 1.54) is 16.2 Å². The SMILES string of the molecule is CC(C)CN1C(=O)N(C)C(=O)C12CCN(C(=O)c1ccc3ncsc3c1)CC2. The molecule has 7 nitrogen and oxygen atoms in total. The second-order valence-electron chi connectivity index (χ2n) is 8.01. The minimum absolute atomic E-state index is 0.0364. The van der Waals surface area contributed by atoms with Gasteiger partial charge in [-0.15, -0.1) is 11.3 Å². The lowest BCUT2D eigenvalue weighted by molar-refractivity contribution is -0.134. The number of thiazole rings is 1. The number of urea groups is 1. The van der Waals surface area contributed by atoms with E-state index in [9.17, 15) is 14.4 Å². The summed E-state index contributed by atoms with van der Waals surface area (Å²) < 4.78 is 0.987. The monoisotopic (exact) mass is 400 g/mol. The van der Waals surface area contributed by atoms with E-state index in [0.717, 1.165) is 10.2 Å². The van der Waals surface area contributed by atoms with E-state index in [4.69, 9.17) is 0 Å². The molecule has 2 fully saturated rings. The van der Waals surface area contributed by atoms with Crippen LogP contribution in [0.25, 0.3) is 10.2 Å². The summed E-state index contributed by atoms with van der Waals surface area (Å²) in [5.41, 5.74) is 2.49. The van der Waals surface area contributed by atoms with E-state index < -0.39 is 5.54 Å². The molecule has 8 heteroatoms. The first-order chi connectivity index (χ1) is 13.3. The molecular formula is C20H24N4O3S. The number of likely N-dealkylation sites (N-methyl/N-ethyl adjacent to an activating group) is 1. The highest BCUT2D eigenvalue weighted by Gasteiger charge is 2.57. The summed E-state index contributed by atoms with van der Waals surface area (Å²) in [6.45, 7) is 5.54. The molecule has 2 aromatic rings. The van der Waals surface area contributed by atoms with Gasteiger partial charge in [-0.3, -0.25) is 14.5 Å². The van der Waals surface area contributed by atoms with Crippen LogP contribution in [0.1, 0.15) is 37.0 Å². The molecule has 1 spiro atoms. The van der Waals surface area contributed by atoms with Gasteiger partial charge in [0.1, 0.15) is 5.54 Å². The molecule has 28 heavy (non-hydrogen) atoms. The third kappa shape index (κ3) is 2.87. The van der Waals surface area contributed by atoms with Crippen molar-refractivity contribution < 1.29 is 14.4 Å². The van der Waals surface area contributed by atoms with Gasteiger partial charge in [-0.1, -0.05) is 13.8 Å². The summed E-state index contributed by atoms with van der Waals surface area (Å²) >= 11 is 1.51. The first-order valence-corrected chi connectivity index (χ1v) is 10.4. The number of hydrogen-bond acceptors (Lipinski definition) is 5. The number of benzene rings is 1. The van der Waals surface area contributed by atoms with Crippen molar-refractivity contribution >= 4 is 39.4 Å². The predicted molar refractivity (Wildman–Crippen MR) is 107 cm³/mol. The third-order valence-electron chi connectivity index (χ3n) is 5.74. The number of nitrogens with zero attached hydrogens (tertiary/aromatic N) is 4. The van der Waals surface area contributed by atoms with E-state index >= 15 is 0 Å². The lowest BCUT2D eigenvalue weighted by Crippen LogP contribution is -2.58. The van der Waals surface area contributed by atoms with Crippen LogP contribution in [0.4, 0.5) is 4.79 Å². The number of piperidine rings is 1. The lowest BCUT2D eigenvalue weighted by Gasteiger charge is -2.42. The van der Waals surface area contributed by atoms with Crippen LogP contribution in [0.15, 0.2) is 23.7 Å². The Balaban J connectivity index is 1.53. The molecule has 0 radical (unpaired) electrons. The number of hydrogen-bond donors (Lipinski definition) is 0. The van der Waals surface area contributed by atoms with Crippen molar-refractivity contribution in [2.75, 3.05) is 26.7 Å². The summed E-state index contributed by atoms with van der Waals surface area (Å²) in [6.07, 6.45) is 0.951. The Kier molecular flexibility index (Phi) is 4.61. The topological polar surface area (TPSA) is 73.8 Å². The van der Waals surface area contributed by atoms with Gasteiger partial charge >= 0.3 is 6.03 Å². The smallest absolute Gasteiger partial charge is 0.327 e. The number of likely N-dealkylation sites (tertiary alicyclic amines) is 1. The molecule has 148 valence electrons. The molecule has 0 unspecified atom stereocenters. The zero-order valence-electron chi connectivity index (χ0n) is 16.3. The maximum atomic E-state index is 13.0. The maximum Gasteiger partial charge on any atom is 0.327 e. The van der Waals surface area contributed by atoms with E-state index in [0.29, 0.717) is 38.0 Å². The van der Waals surface area contributed by atoms with Crippen molar-refractivity contribution in [2.24, 2.45) is 5.92 Å². The number of amides is 4. The minimum atomic E-state index is -0.811. The van der Waals surface area contributed by atoms with Crippen LogP contribution in [0.5, 0.6) is 0 Å². The first kappa shape index (κ1) is 18.9. The van der Waals surface area contributed by atoms with Gasteiger partial charge in [0.2, 0.25) is 0 Å². The molecule has 0 aliphatic carbocycles. The number of carbonyl (C=O) groups excluding carboxylic acids is 3. The van der Waals surface area contributed by atoms with Gasteiger partial charge in [-0.2, -0.15) is 0 Å². The Morgan fingerprint density at radius 2 is 1.96 bits per heavy atom. The van der Waals surface area contributed by atoms with Crippen LogP contribution in [0, 0.1) is 5.92 Å². The van der Waals surface area contributed by atoms with Crippen LogP contribution in [-0.4, -0.2) is 69.8 Å². The highest BCUT2D eigenvalue weighted by molar-refractivity contribution is 7.16. The summed E-state index contributed by atoms with van der Waals surface area (Å²) in [5, 5.41) is 0. The highest BCUT2D eigenvalue weighted by atomic mass is 32.1. The van der Waals surface area contributed by atoms with E-state index in [1.807, 2.05) is 26.0 Å². The minimum Gasteiger partial charge on any atom is -0.338 e. The Bertz CT molecular complexity index is 946. The molecule has 0 N–H and O–H groups in total. The Labute approximate surface area is 167 Å². The third-order valence-corrected chi connectivity index (χ3v) is 6.53. The molecule has 2 aliphatic rings. The number of fused-ring (bicyclic) bond motifs is 1. The lowest BCUT2D eigenvalue weighted by atomic mass is 9.85. The normalized spacial score (nSPS) is 19.5. The van der Waals surface area contributed by atoms with Crippen molar-refractivity contribution in [1.29, 1.82) is 0 Å². The second kappa shape index (κ2) is 6.84. The van der Waals surface area contributed by atoms with Gasteiger partial charge in [0, 0.05) is 32.2 Å². The fourth-order valence-corrected chi connectivity index (χ4v) is 4.95. The molecule has 2 aliphatic heterocycles. The van der Waals surface area contributed by atoms with Gasteiger partial charge in [0.15, 0.2) is 0 Å². The van der Waals surface area contributed by atoms with Crippen LogP contribution in [0.3, 0.4) is 0 Å². The van der Waals surface area contributed by atoms with Gasteiger partial charge < -0.3 is 9.80 Å². The second-order valence-corrected chi connectivity index (χ2v) is 8.90. The molecule has 0 bridgehead atoms. The fraction of sp³-hybridized carbons (Fsp3) is 0.500. The largest absolute Gasteiger partial charge is 0.338 e. The summed E-state index contributed by atoms with van der Waals surface area (Å²) in [6, 6.07) is 5.32. The van der Waals surface area contributed by atoms with Gasteiger partial charge in [0.25, 0.3) is 11.8 Å². The average Bonchev–Trinajstić information content (AvgIpc) is 3.22. The van der Waals surface area contributed by atoms with E-state index in [1.54, 1.807) is 28.4 Å². The number of aromatic nitrogens is 1. The van der Waals surface area contributed by atoms with Crippen molar-refractivity contribution in [3.05, 3.63) is 29.3 Å². The molecule has 4 rings (SSSR count). The molecule has 0 saturated carbocycles. The number of carbonyl (C=O) groups is 3. The average molecular weight is 401 g/mol. The van der Waals surface area contributed by atoms with Gasteiger partial charge in [-0.05, 0) is 37.0 Å². The Morgan fingerprint density at radius 3 is 2.64 bits per heavy atom. The molecule has 4 amide bonds. The van der Waals surface area contributed by atoms with Crippen LogP contribution in [-0.2, 0) is 4.79 Å². The summed E-state index contributed by atoms with van der Waals surface area (Å²) in [4.78, 5) is 47.5. The summed E-state index contributed by atoms with van der Waals surface area (Å²) in [5.74, 6) is 0.0907. The van der Waals surface area contributed by atoms with E-state index in [-0.39, 0.29) is 23.8 Å². The Morgan fingerprint density at radius 1 is 1.25 bits per heavy atom.